The number of rotatable bonds is 6. The Morgan fingerprint density at radius 1 is 1.29 bits per heavy atom. The molecule has 3 rings (SSSR count). The van der Waals surface area contributed by atoms with E-state index in [2.05, 4.69) is 10.6 Å². The smallest absolute Gasteiger partial charge is 0.332 e. The van der Waals surface area contributed by atoms with Gasteiger partial charge in [-0.3, -0.25) is 9.78 Å². The third-order valence-electron chi connectivity index (χ3n) is 4.05. The van der Waals surface area contributed by atoms with Gasteiger partial charge in [0.15, 0.2) is 0 Å². The molecule has 0 aliphatic carbocycles. The minimum absolute atomic E-state index is 0.106. The summed E-state index contributed by atoms with van der Waals surface area (Å²) in [6.45, 7) is 0. The molecule has 3 heterocycles. The SMILES string of the molecule is O=C1N[C@H]2[C@H](CS[C@H]2CCCCC(=O)On2ccc(=O)[nH]c2=O)N1. The number of aromatic nitrogens is 2. The lowest BCUT2D eigenvalue weighted by Crippen LogP contribution is -2.36. The summed E-state index contributed by atoms with van der Waals surface area (Å²) < 4.78 is 0.709. The first-order chi connectivity index (χ1) is 11.5. The third kappa shape index (κ3) is 3.81. The summed E-state index contributed by atoms with van der Waals surface area (Å²) >= 11 is 1.83. The predicted molar refractivity (Wildman–Crippen MR) is 86.9 cm³/mol. The fourth-order valence-corrected chi connectivity index (χ4v) is 4.43. The van der Waals surface area contributed by atoms with Crippen LogP contribution in [0.3, 0.4) is 0 Å². The first-order valence-electron chi connectivity index (χ1n) is 7.75. The van der Waals surface area contributed by atoms with Gasteiger partial charge in [-0.1, -0.05) is 6.42 Å². The molecule has 1 aromatic heterocycles. The molecule has 24 heavy (non-hydrogen) atoms. The maximum atomic E-state index is 11.7. The third-order valence-corrected chi connectivity index (χ3v) is 5.56. The number of nitrogens with one attached hydrogen (secondary N) is 3. The van der Waals surface area contributed by atoms with Crippen LogP contribution < -0.4 is 26.7 Å². The molecule has 0 bridgehead atoms. The van der Waals surface area contributed by atoms with Crippen LogP contribution in [0.1, 0.15) is 25.7 Å². The summed E-state index contributed by atoms with van der Waals surface area (Å²) in [5, 5.41) is 6.17. The van der Waals surface area contributed by atoms with Crippen LogP contribution in [0.4, 0.5) is 4.79 Å². The van der Waals surface area contributed by atoms with Crippen LogP contribution in [0, 0.1) is 0 Å². The molecular formula is C14H18N4O5S. The Labute approximate surface area is 141 Å². The number of hydrogen-bond donors (Lipinski definition) is 3. The van der Waals surface area contributed by atoms with Gasteiger partial charge in [0.2, 0.25) is 0 Å². The summed E-state index contributed by atoms with van der Waals surface area (Å²) in [5.74, 6) is 0.377. The maximum absolute atomic E-state index is 11.7. The predicted octanol–water partition coefficient (Wildman–Crippen LogP) is -0.782. The Bertz CT molecular complexity index is 745. The van der Waals surface area contributed by atoms with Crippen molar-refractivity contribution in [3.63, 3.8) is 0 Å². The number of amides is 2. The van der Waals surface area contributed by atoms with Crippen LogP contribution in [0.5, 0.6) is 0 Å². The second-order valence-electron chi connectivity index (χ2n) is 5.77. The topological polar surface area (TPSA) is 122 Å². The fourth-order valence-electron chi connectivity index (χ4n) is 2.89. The molecule has 2 saturated heterocycles. The van der Waals surface area contributed by atoms with E-state index in [0.29, 0.717) is 16.4 Å². The monoisotopic (exact) mass is 354 g/mol. The van der Waals surface area contributed by atoms with Crippen molar-refractivity contribution in [2.45, 2.75) is 43.0 Å². The summed E-state index contributed by atoms with van der Waals surface area (Å²) in [6.07, 6.45) is 3.66. The van der Waals surface area contributed by atoms with Crippen molar-refractivity contribution in [3.05, 3.63) is 33.1 Å². The van der Waals surface area contributed by atoms with Gasteiger partial charge in [0.1, 0.15) is 0 Å². The van der Waals surface area contributed by atoms with E-state index in [0.717, 1.165) is 30.9 Å². The number of H-pyrrole nitrogens is 1. The van der Waals surface area contributed by atoms with Crippen LogP contribution in [-0.2, 0) is 4.79 Å². The quantitative estimate of drug-likeness (QED) is 0.455. The summed E-state index contributed by atoms with van der Waals surface area (Å²) in [6, 6.07) is 1.36. The Morgan fingerprint density at radius 2 is 2.12 bits per heavy atom. The van der Waals surface area contributed by atoms with E-state index in [-0.39, 0.29) is 24.5 Å². The van der Waals surface area contributed by atoms with Gasteiger partial charge < -0.3 is 15.5 Å². The molecule has 3 atom stereocenters. The Hall–Kier alpha value is -2.23. The van der Waals surface area contributed by atoms with Crippen LogP contribution in [0.25, 0.3) is 0 Å². The van der Waals surface area contributed by atoms with Crippen molar-refractivity contribution >= 4 is 23.8 Å². The zero-order valence-corrected chi connectivity index (χ0v) is 13.6. The van der Waals surface area contributed by atoms with Crippen LogP contribution in [0.2, 0.25) is 0 Å². The average molecular weight is 354 g/mol. The highest BCUT2D eigenvalue weighted by Crippen LogP contribution is 2.33. The molecule has 130 valence electrons. The normalized spacial score (nSPS) is 25.0. The Kier molecular flexibility index (Phi) is 4.93. The zero-order chi connectivity index (χ0) is 17.1. The lowest BCUT2D eigenvalue weighted by Gasteiger charge is -2.16. The molecule has 2 fully saturated rings. The molecule has 0 unspecified atom stereocenters. The van der Waals surface area contributed by atoms with Gasteiger partial charge in [0.05, 0.1) is 18.3 Å². The number of urea groups is 1. The van der Waals surface area contributed by atoms with Crippen LogP contribution in [0.15, 0.2) is 21.9 Å². The molecule has 0 radical (unpaired) electrons. The molecule has 1 aromatic rings. The molecule has 0 saturated carbocycles. The van der Waals surface area contributed by atoms with Gasteiger partial charge in [0, 0.05) is 23.5 Å². The standard InChI is InChI=1S/C14H18N4O5S/c19-10-5-6-18(14(22)16-10)23-11(20)4-2-1-3-9-12-8(7-24-9)15-13(21)17-12/h5-6,8-9,12H,1-4,7H2,(H2,15,17,21)(H,16,19,22)/t8-,9-,12-/m0/s1. The number of thioether (sulfide) groups is 1. The highest BCUT2D eigenvalue weighted by molar-refractivity contribution is 8.00. The van der Waals surface area contributed by atoms with Gasteiger partial charge >= 0.3 is 17.7 Å². The van der Waals surface area contributed by atoms with Crippen molar-refractivity contribution in [1.82, 2.24) is 20.3 Å². The largest absolute Gasteiger partial charge is 0.361 e. The first-order valence-corrected chi connectivity index (χ1v) is 8.79. The van der Waals surface area contributed by atoms with E-state index < -0.39 is 17.2 Å². The fraction of sp³-hybridized carbons (Fsp3) is 0.571. The molecule has 9 nitrogen and oxygen atoms in total. The lowest BCUT2D eigenvalue weighted by molar-refractivity contribution is -0.144. The number of unbranched alkanes of at least 4 members (excludes halogenated alkanes) is 1. The number of hydrogen-bond acceptors (Lipinski definition) is 6. The lowest BCUT2D eigenvalue weighted by atomic mass is 10.0. The summed E-state index contributed by atoms with van der Waals surface area (Å²) in [7, 11) is 0. The second kappa shape index (κ2) is 7.12. The van der Waals surface area contributed by atoms with Crippen LogP contribution in [-0.4, -0.2) is 44.8 Å². The number of carbonyl (C=O) groups excluding carboxylic acids is 2. The highest BCUT2D eigenvalue weighted by atomic mass is 32.2. The molecule has 2 aliphatic rings. The number of aromatic amines is 1. The second-order valence-corrected chi connectivity index (χ2v) is 7.04. The first kappa shape index (κ1) is 16.6. The van der Waals surface area contributed by atoms with Crippen molar-refractivity contribution in [1.29, 1.82) is 0 Å². The van der Waals surface area contributed by atoms with Gasteiger partial charge in [0.25, 0.3) is 5.56 Å². The zero-order valence-electron chi connectivity index (χ0n) is 12.8. The Morgan fingerprint density at radius 3 is 2.92 bits per heavy atom. The number of fused-ring (bicyclic) bond motifs is 1. The average Bonchev–Trinajstić information content (AvgIpc) is 3.06. The Balaban J connectivity index is 1.39. The highest BCUT2D eigenvalue weighted by Gasteiger charge is 2.42. The van der Waals surface area contributed by atoms with E-state index in [4.69, 9.17) is 4.84 Å². The summed E-state index contributed by atoms with van der Waals surface area (Å²) in [4.78, 5) is 52.2. The molecule has 0 spiro atoms. The number of carbonyl (C=O) groups is 2. The maximum Gasteiger partial charge on any atom is 0.361 e. The van der Waals surface area contributed by atoms with E-state index in [1.807, 2.05) is 16.7 Å². The van der Waals surface area contributed by atoms with Crippen molar-refractivity contribution in [2.24, 2.45) is 0 Å². The minimum atomic E-state index is -0.784. The van der Waals surface area contributed by atoms with Crippen molar-refractivity contribution in [3.8, 4) is 0 Å². The minimum Gasteiger partial charge on any atom is -0.332 e. The molecule has 10 heteroatoms. The van der Waals surface area contributed by atoms with Crippen molar-refractivity contribution < 1.29 is 14.4 Å². The molecule has 2 amide bonds. The molecular weight excluding hydrogens is 336 g/mol. The van der Waals surface area contributed by atoms with Gasteiger partial charge in [-0.2, -0.15) is 11.8 Å². The molecule has 0 aromatic carbocycles. The summed E-state index contributed by atoms with van der Waals surface area (Å²) in [5.41, 5.74) is -1.33. The van der Waals surface area contributed by atoms with Gasteiger partial charge in [-0.15, -0.1) is 4.73 Å². The number of nitrogens with zero attached hydrogens (tertiary/aromatic N) is 1. The van der Waals surface area contributed by atoms with Crippen LogP contribution >= 0.6 is 11.8 Å². The van der Waals surface area contributed by atoms with E-state index in [9.17, 15) is 19.2 Å². The van der Waals surface area contributed by atoms with E-state index in [1.165, 1.54) is 0 Å². The van der Waals surface area contributed by atoms with Crippen molar-refractivity contribution in [2.75, 3.05) is 5.75 Å². The van der Waals surface area contributed by atoms with E-state index in [1.54, 1.807) is 0 Å². The van der Waals surface area contributed by atoms with E-state index >= 15 is 0 Å². The molecule has 3 N–H and O–H groups in total. The van der Waals surface area contributed by atoms with Gasteiger partial charge in [-0.05, 0) is 12.8 Å². The van der Waals surface area contributed by atoms with Gasteiger partial charge in [-0.25, -0.2) is 14.4 Å². The molecule has 2 aliphatic heterocycles.